The minimum Gasteiger partial charge on any atom is -0.444 e. The van der Waals surface area contributed by atoms with E-state index in [0.29, 0.717) is 13.1 Å². The van der Waals surface area contributed by atoms with Gasteiger partial charge in [0.05, 0.1) is 17.5 Å². The highest BCUT2D eigenvalue weighted by Gasteiger charge is 2.47. The third-order valence-corrected chi connectivity index (χ3v) is 4.73. The van der Waals surface area contributed by atoms with E-state index in [2.05, 4.69) is 5.32 Å². The molecule has 1 aromatic carbocycles. The zero-order chi connectivity index (χ0) is 20.3. The van der Waals surface area contributed by atoms with Gasteiger partial charge in [-0.1, -0.05) is 19.1 Å². The molecule has 2 heterocycles. The van der Waals surface area contributed by atoms with Gasteiger partial charge >= 0.3 is 5.97 Å². The zero-order valence-corrected chi connectivity index (χ0v) is 16.7. The van der Waals surface area contributed by atoms with Gasteiger partial charge in [-0.3, -0.25) is 28.9 Å². The van der Waals surface area contributed by atoms with Crippen molar-refractivity contribution in [3.63, 3.8) is 0 Å². The van der Waals surface area contributed by atoms with Gasteiger partial charge in [-0.15, -0.1) is 12.4 Å². The number of imide groups is 2. The summed E-state index contributed by atoms with van der Waals surface area (Å²) in [6.07, 6.45) is 0.124. The SMILES string of the molecule is CCNCCC(=O)OCN1C(=O)CCC(N2C(=O)c3ccccc3C2=O)C1=O.Cl. The molecule has 3 rings (SSSR count). The van der Waals surface area contributed by atoms with Crippen molar-refractivity contribution in [1.29, 1.82) is 0 Å². The van der Waals surface area contributed by atoms with Gasteiger partial charge in [-0.2, -0.15) is 0 Å². The van der Waals surface area contributed by atoms with Crippen LogP contribution in [0.3, 0.4) is 0 Å². The Morgan fingerprint density at radius 3 is 2.34 bits per heavy atom. The molecule has 1 saturated heterocycles. The maximum absolute atomic E-state index is 12.8. The Balaban J connectivity index is 0.00000300. The Bertz CT molecular complexity index is 808. The smallest absolute Gasteiger partial charge is 0.308 e. The van der Waals surface area contributed by atoms with Crippen LogP contribution >= 0.6 is 12.4 Å². The average molecular weight is 424 g/mol. The largest absolute Gasteiger partial charge is 0.444 e. The first-order valence-corrected chi connectivity index (χ1v) is 9.13. The van der Waals surface area contributed by atoms with E-state index in [1.165, 1.54) is 12.1 Å². The number of carbonyl (C=O) groups excluding carboxylic acids is 5. The maximum Gasteiger partial charge on any atom is 0.308 e. The van der Waals surface area contributed by atoms with Crippen LogP contribution in [0.4, 0.5) is 0 Å². The summed E-state index contributed by atoms with van der Waals surface area (Å²) < 4.78 is 5.01. The molecule has 0 aliphatic carbocycles. The first-order chi connectivity index (χ1) is 13.5. The van der Waals surface area contributed by atoms with Crippen molar-refractivity contribution >= 4 is 42.0 Å². The molecule has 0 saturated carbocycles. The minimum atomic E-state index is -1.09. The molecule has 9 nitrogen and oxygen atoms in total. The predicted molar refractivity (Wildman–Crippen MR) is 103 cm³/mol. The lowest BCUT2D eigenvalue weighted by Crippen LogP contribution is -2.56. The second-order valence-corrected chi connectivity index (χ2v) is 6.49. The molecule has 0 radical (unpaired) electrons. The van der Waals surface area contributed by atoms with Gasteiger partial charge in [0.25, 0.3) is 17.7 Å². The summed E-state index contributed by atoms with van der Waals surface area (Å²) in [5.41, 5.74) is 0.470. The maximum atomic E-state index is 12.8. The van der Waals surface area contributed by atoms with E-state index in [0.717, 1.165) is 9.80 Å². The van der Waals surface area contributed by atoms with E-state index < -0.39 is 42.4 Å². The summed E-state index contributed by atoms with van der Waals surface area (Å²) in [6.45, 7) is 2.51. The fourth-order valence-electron chi connectivity index (χ4n) is 3.26. The number of nitrogens with zero attached hydrogens (tertiary/aromatic N) is 2. The van der Waals surface area contributed by atoms with Crippen molar-refractivity contribution in [2.75, 3.05) is 19.8 Å². The van der Waals surface area contributed by atoms with Crippen LogP contribution in [0.2, 0.25) is 0 Å². The summed E-state index contributed by atoms with van der Waals surface area (Å²) in [5, 5.41) is 2.97. The fourth-order valence-corrected chi connectivity index (χ4v) is 3.26. The van der Waals surface area contributed by atoms with Gasteiger partial charge < -0.3 is 10.1 Å². The molecule has 0 bridgehead atoms. The van der Waals surface area contributed by atoms with Crippen molar-refractivity contribution in [3.8, 4) is 0 Å². The Kier molecular flexibility index (Phi) is 7.46. The Labute approximate surface area is 173 Å². The highest BCUT2D eigenvalue weighted by atomic mass is 35.5. The number of fused-ring (bicyclic) bond motifs is 1. The first-order valence-electron chi connectivity index (χ1n) is 9.13. The standard InChI is InChI=1S/C19H21N3O6.ClH/c1-2-20-10-9-16(24)28-11-21-15(23)8-7-14(19(21)27)22-17(25)12-5-3-4-6-13(12)18(22)26;/h3-6,14,20H,2,7-11H2,1H3;1H. The van der Waals surface area contributed by atoms with Gasteiger partial charge in [-0.05, 0) is 25.1 Å². The van der Waals surface area contributed by atoms with Crippen LogP contribution in [-0.2, 0) is 19.1 Å². The fraction of sp³-hybridized carbons (Fsp3) is 0.421. The molecule has 156 valence electrons. The van der Waals surface area contributed by atoms with Gasteiger partial charge in [0.15, 0.2) is 6.73 Å². The predicted octanol–water partition coefficient (Wildman–Crippen LogP) is 0.722. The molecule has 1 atom stereocenters. The molecular weight excluding hydrogens is 402 g/mol. The third kappa shape index (κ3) is 4.46. The monoisotopic (exact) mass is 423 g/mol. The Morgan fingerprint density at radius 2 is 1.76 bits per heavy atom. The van der Waals surface area contributed by atoms with Crippen LogP contribution < -0.4 is 5.32 Å². The number of esters is 1. The molecule has 0 aromatic heterocycles. The summed E-state index contributed by atoms with van der Waals surface area (Å²) in [6, 6.07) is 5.23. The number of ether oxygens (including phenoxy) is 1. The van der Waals surface area contributed by atoms with Crippen molar-refractivity contribution in [2.24, 2.45) is 0 Å². The molecule has 4 amide bonds. The summed E-state index contributed by atoms with van der Waals surface area (Å²) >= 11 is 0. The molecule has 1 N–H and O–H groups in total. The zero-order valence-electron chi connectivity index (χ0n) is 15.9. The Morgan fingerprint density at radius 1 is 1.14 bits per heavy atom. The number of hydrogen-bond acceptors (Lipinski definition) is 7. The molecular formula is C19H22ClN3O6. The number of piperidine rings is 1. The molecule has 2 aliphatic heterocycles. The van der Waals surface area contributed by atoms with Crippen molar-refractivity contribution in [1.82, 2.24) is 15.1 Å². The number of hydrogen-bond donors (Lipinski definition) is 1. The van der Waals surface area contributed by atoms with Gasteiger partial charge in [0, 0.05) is 13.0 Å². The highest BCUT2D eigenvalue weighted by Crippen LogP contribution is 2.28. The van der Waals surface area contributed by atoms with E-state index in [9.17, 15) is 24.0 Å². The number of rotatable bonds is 7. The second kappa shape index (κ2) is 9.62. The quantitative estimate of drug-likeness (QED) is 0.390. The van der Waals surface area contributed by atoms with Crippen molar-refractivity contribution in [3.05, 3.63) is 35.4 Å². The number of carbonyl (C=O) groups is 5. The van der Waals surface area contributed by atoms with Gasteiger partial charge in [0.2, 0.25) is 5.91 Å². The lowest BCUT2D eigenvalue weighted by molar-refractivity contribution is -0.163. The van der Waals surface area contributed by atoms with Gasteiger partial charge in [-0.25, -0.2) is 4.90 Å². The minimum absolute atomic E-state index is 0. The highest BCUT2D eigenvalue weighted by molar-refractivity contribution is 6.23. The third-order valence-electron chi connectivity index (χ3n) is 4.73. The summed E-state index contributed by atoms with van der Waals surface area (Å²) in [4.78, 5) is 63.6. The average Bonchev–Trinajstić information content (AvgIpc) is 2.93. The number of benzene rings is 1. The van der Waals surface area contributed by atoms with Crippen LogP contribution in [0, 0.1) is 0 Å². The number of amides is 4. The van der Waals surface area contributed by atoms with E-state index >= 15 is 0 Å². The molecule has 0 spiro atoms. The number of halogens is 1. The van der Waals surface area contributed by atoms with E-state index in [-0.39, 0.29) is 42.8 Å². The number of nitrogens with one attached hydrogen (secondary N) is 1. The number of likely N-dealkylation sites (tertiary alicyclic amines) is 1. The molecule has 1 fully saturated rings. The van der Waals surface area contributed by atoms with E-state index in [1.54, 1.807) is 12.1 Å². The molecule has 10 heteroatoms. The molecule has 2 aliphatic rings. The van der Waals surface area contributed by atoms with Gasteiger partial charge in [0.1, 0.15) is 6.04 Å². The van der Waals surface area contributed by atoms with Crippen LogP contribution in [0.5, 0.6) is 0 Å². The summed E-state index contributed by atoms with van der Waals surface area (Å²) in [5.74, 6) is -2.89. The lowest BCUT2D eigenvalue weighted by atomic mass is 10.0. The Hall–Kier alpha value is -2.78. The molecule has 1 unspecified atom stereocenters. The van der Waals surface area contributed by atoms with E-state index in [4.69, 9.17) is 4.74 Å². The molecule has 1 aromatic rings. The molecule has 29 heavy (non-hydrogen) atoms. The second-order valence-electron chi connectivity index (χ2n) is 6.49. The van der Waals surface area contributed by atoms with Crippen LogP contribution in [0.25, 0.3) is 0 Å². The van der Waals surface area contributed by atoms with E-state index in [1.807, 2.05) is 6.92 Å². The van der Waals surface area contributed by atoms with Crippen molar-refractivity contribution < 1.29 is 28.7 Å². The normalized spacial score (nSPS) is 18.6. The lowest BCUT2D eigenvalue weighted by Gasteiger charge is -2.33. The topological polar surface area (TPSA) is 113 Å². The summed E-state index contributed by atoms with van der Waals surface area (Å²) in [7, 11) is 0. The van der Waals surface area contributed by atoms with Crippen molar-refractivity contribution in [2.45, 2.75) is 32.2 Å². The van der Waals surface area contributed by atoms with Crippen LogP contribution in [-0.4, -0.2) is 65.3 Å². The van der Waals surface area contributed by atoms with Crippen LogP contribution in [0.15, 0.2) is 24.3 Å². The first kappa shape index (κ1) is 22.5. The van der Waals surface area contributed by atoms with Crippen LogP contribution in [0.1, 0.15) is 46.9 Å².